The highest BCUT2D eigenvalue weighted by atomic mass is 35.5. The van der Waals surface area contributed by atoms with E-state index < -0.39 is 24.4 Å². The number of amides is 2. The van der Waals surface area contributed by atoms with Crippen molar-refractivity contribution < 1.29 is 19.1 Å². The van der Waals surface area contributed by atoms with Gasteiger partial charge in [0, 0.05) is 6.20 Å². The van der Waals surface area contributed by atoms with Gasteiger partial charge >= 0.3 is 5.97 Å². The largest absolute Gasteiger partial charge is 0.452 e. The van der Waals surface area contributed by atoms with Crippen LogP contribution in [0.1, 0.15) is 15.9 Å². The number of pyridine rings is 1. The third-order valence-electron chi connectivity index (χ3n) is 3.91. The first-order valence-corrected chi connectivity index (χ1v) is 9.48. The number of halogens is 2. The Morgan fingerprint density at radius 1 is 1.13 bits per heavy atom. The van der Waals surface area contributed by atoms with E-state index in [4.69, 9.17) is 27.9 Å². The second-order valence-corrected chi connectivity index (χ2v) is 6.90. The van der Waals surface area contributed by atoms with Gasteiger partial charge in [0.05, 0.1) is 21.3 Å². The summed E-state index contributed by atoms with van der Waals surface area (Å²) >= 11 is 12.0. The van der Waals surface area contributed by atoms with Crippen LogP contribution in [0.5, 0.6) is 0 Å². The number of ether oxygens (including phenoxy) is 1. The van der Waals surface area contributed by atoms with Crippen molar-refractivity contribution in [2.45, 2.75) is 13.5 Å². The fourth-order valence-corrected chi connectivity index (χ4v) is 2.77. The molecule has 2 amide bonds. The Balaban J connectivity index is 1.60. The van der Waals surface area contributed by atoms with Crippen molar-refractivity contribution in [3.05, 3.63) is 58.0 Å². The lowest BCUT2D eigenvalue weighted by Crippen LogP contribution is -2.23. The van der Waals surface area contributed by atoms with Crippen molar-refractivity contribution >= 4 is 52.5 Å². The van der Waals surface area contributed by atoms with Gasteiger partial charge in [-0.1, -0.05) is 35.3 Å². The molecule has 0 aliphatic heterocycles. The molecule has 0 atom stereocenters. The number of hydrogen-bond donors (Lipinski definition) is 2. The van der Waals surface area contributed by atoms with Gasteiger partial charge in [-0.25, -0.2) is 14.5 Å². The zero-order valence-corrected chi connectivity index (χ0v) is 17.5. The number of rotatable bonds is 7. The second-order valence-electron chi connectivity index (χ2n) is 6.12. The van der Waals surface area contributed by atoms with Crippen LogP contribution in [0.25, 0.3) is 0 Å². The molecule has 2 heterocycles. The summed E-state index contributed by atoms with van der Waals surface area (Å²) in [4.78, 5) is 40.6. The van der Waals surface area contributed by atoms with Gasteiger partial charge < -0.3 is 15.4 Å². The van der Waals surface area contributed by atoms with Crippen molar-refractivity contribution in [1.82, 2.24) is 25.2 Å². The SMILES string of the molecule is Cc1c(Cl)cnc(NC(=O)COC(=O)c2ccccc2NC(=O)Cn2cnnn2)c1Cl. The van der Waals surface area contributed by atoms with E-state index in [1.165, 1.54) is 29.3 Å². The van der Waals surface area contributed by atoms with Gasteiger partial charge in [0.2, 0.25) is 5.91 Å². The number of aromatic nitrogens is 5. The second kappa shape index (κ2) is 9.96. The Labute approximate surface area is 185 Å². The molecule has 0 fully saturated rings. The maximum absolute atomic E-state index is 12.4. The normalized spacial score (nSPS) is 10.4. The zero-order valence-electron chi connectivity index (χ0n) is 16.0. The van der Waals surface area contributed by atoms with E-state index in [2.05, 4.69) is 31.1 Å². The summed E-state index contributed by atoms with van der Waals surface area (Å²) in [7, 11) is 0. The van der Waals surface area contributed by atoms with Gasteiger partial charge in [-0.3, -0.25) is 9.59 Å². The van der Waals surface area contributed by atoms with Crippen LogP contribution in [-0.2, 0) is 20.9 Å². The highest BCUT2D eigenvalue weighted by molar-refractivity contribution is 6.37. The van der Waals surface area contributed by atoms with E-state index in [-0.39, 0.29) is 28.6 Å². The predicted molar refractivity (Wildman–Crippen MR) is 111 cm³/mol. The van der Waals surface area contributed by atoms with Crippen LogP contribution in [0, 0.1) is 6.92 Å². The fourth-order valence-electron chi connectivity index (χ4n) is 2.38. The van der Waals surface area contributed by atoms with Crippen molar-refractivity contribution in [3.8, 4) is 0 Å². The molecule has 0 spiro atoms. The average molecular weight is 464 g/mol. The number of carbonyl (C=O) groups excluding carboxylic acids is 3. The molecule has 3 aromatic rings. The lowest BCUT2D eigenvalue weighted by Gasteiger charge is -2.12. The molecular formula is C18H15Cl2N7O4. The lowest BCUT2D eigenvalue weighted by molar-refractivity contribution is -0.119. The maximum Gasteiger partial charge on any atom is 0.340 e. The first-order chi connectivity index (χ1) is 14.8. The molecule has 0 unspecified atom stereocenters. The predicted octanol–water partition coefficient (Wildman–Crippen LogP) is 2.12. The number of tetrazole rings is 1. The summed E-state index contributed by atoms with van der Waals surface area (Å²) in [5.41, 5.74) is 0.833. The minimum absolute atomic E-state index is 0.0684. The summed E-state index contributed by atoms with van der Waals surface area (Å²) in [5.74, 6) is -1.81. The molecule has 11 nitrogen and oxygen atoms in total. The minimum Gasteiger partial charge on any atom is -0.452 e. The van der Waals surface area contributed by atoms with Crippen LogP contribution in [0.2, 0.25) is 10.0 Å². The molecule has 0 aliphatic carbocycles. The number of nitrogens with one attached hydrogen (secondary N) is 2. The van der Waals surface area contributed by atoms with Crippen LogP contribution in [0.15, 0.2) is 36.8 Å². The van der Waals surface area contributed by atoms with Crippen LogP contribution < -0.4 is 10.6 Å². The monoisotopic (exact) mass is 463 g/mol. The van der Waals surface area contributed by atoms with Crippen molar-refractivity contribution in [2.75, 3.05) is 17.2 Å². The number of nitrogens with zero attached hydrogens (tertiary/aromatic N) is 5. The molecule has 0 aliphatic rings. The quantitative estimate of drug-likeness (QED) is 0.507. The van der Waals surface area contributed by atoms with Gasteiger partial charge in [0.1, 0.15) is 12.9 Å². The summed E-state index contributed by atoms with van der Waals surface area (Å²) in [5, 5.41) is 16.0. The summed E-state index contributed by atoms with van der Waals surface area (Å²) in [6, 6.07) is 6.20. The number of benzene rings is 1. The van der Waals surface area contributed by atoms with E-state index in [1.54, 1.807) is 19.1 Å². The molecule has 0 bridgehead atoms. The van der Waals surface area contributed by atoms with Crippen molar-refractivity contribution in [3.63, 3.8) is 0 Å². The third-order valence-corrected chi connectivity index (χ3v) is 4.76. The van der Waals surface area contributed by atoms with Crippen LogP contribution in [0.4, 0.5) is 11.5 Å². The Morgan fingerprint density at radius 2 is 1.90 bits per heavy atom. The van der Waals surface area contributed by atoms with Crippen LogP contribution in [0.3, 0.4) is 0 Å². The number of para-hydroxylation sites is 1. The standard InChI is InChI=1S/C18H15Cl2N7O4/c1-10-12(19)6-21-17(16(10)20)24-15(29)8-31-18(30)11-4-2-3-5-13(11)23-14(28)7-27-9-22-25-26-27/h2-6,9H,7-8H2,1H3,(H,23,28)(H,21,24,29). The molecule has 13 heteroatoms. The summed E-state index contributed by atoms with van der Waals surface area (Å²) in [6.07, 6.45) is 2.63. The molecule has 3 rings (SSSR count). The van der Waals surface area contributed by atoms with Crippen molar-refractivity contribution in [2.24, 2.45) is 0 Å². The topological polar surface area (TPSA) is 141 Å². The highest BCUT2D eigenvalue weighted by Gasteiger charge is 2.17. The summed E-state index contributed by atoms with van der Waals surface area (Å²) < 4.78 is 6.27. The molecular weight excluding hydrogens is 449 g/mol. The van der Waals surface area contributed by atoms with Gasteiger partial charge in [0.15, 0.2) is 12.4 Å². The van der Waals surface area contributed by atoms with Crippen LogP contribution >= 0.6 is 23.2 Å². The van der Waals surface area contributed by atoms with Gasteiger partial charge in [-0.2, -0.15) is 0 Å². The minimum atomic E-state index is -0.806. The third kappa shape index (κ3) is 5.74. The molecule has 0 saturated carbocycles. The van der Waals surface area contributed by atoms with Gasteiger partial charge in [-0.05, 0) is 35.0 Å². The molecule has 0 saturated heterocycles. The molecule has 31 heavy (non-hydrogen) atoms. The Bertz CT molecular complexity index is 1120. The molecule has 0 radical (unpaired) electrons. The Morgan fingerprint density at radius 3 is 2.65 bits per heavy atom. The number of hydrogen-bond acceptors (Lipinski definition) is 8. The zero-order chi connectivity index (χ0) is 22.4. The van der Waals surface area contributed by atoms with E-state index >= 15 is 0 Å². The fraction of sp³-hybridized carbons (Fsp3) is 0.167. The van der Waals surface area contributed by atoms with Crippen LogP contribution in [-0.4, -0.2) is 49.6 Å². The molecule has 160 valence electrons. The maximum atomic E-state index is 12.4. The molecule has 2 N–H and O–H groups in total. The number of carbonyl (C=O) groups is 3. The average Bonchev–Trinajstić information content (AvgIpc) is 3.25. The molecule has 1 aromatic carbocycles. The van der Waals surface area contributed by atoms with E-state index in [0.29, 0.717) is 10.6 Å². The van der Waals surface area contributed by atoms with Gasteiger partial charge in [0.25, 0.3) is 5.91 Å². The Kier molecular flexibility index (Phi) is 7.11. The highest BCUT2D eigenvalue weighted by Crippen LogP contribution is 2.28. The summed E-state index contributed by atoms with van der Waals surface area (Å²) in [6.45, 7) is 0.936. The first-order valence-electron chi connectivity index (χ1n) is 8.72. The Hall–Kier alpha value is -3.57. The first kappa shape index (κ1) is 22.1. The number of esters is 1. The van der Waals surface area contributed by atoms with E-state index in [1.807, 2.05) is 0 Å². The molecule has 2 aromatic heterocycles. The van der Waals surface area contributed by atoms with E-state index in [9.17, 15) is 14.4 Å². The smallest absolute Gasteiger partial charge is 0.340 e. The lowest BCUT2D eigenvalue weighted by atomic mass is 10.2. The number of anilines is 2. The van der Waals surface area contributed by atoms with Gasteiger partial charge in [-0.15, -0.1) is 5.10 Å². The van der Waals surface area contributed by atoms with Crippen molar-refractivity contribution in [1.29, 1.82) is 0 Å². The van der Waals surface area contributed by atoms with E-state index in [0.717, 1.165) is 0 Å².